The van der Waals surface area contributed by atoms with Gasteiger partial charge in [-0.25, -0.2) is 4.98 Å². The largest absolute Gasteiger partial charge is 0.493 e. The third-order valence-electron chi connectivity index (χ3n) is 7.35. The molecular formula is C30H31N3O4. The Morgan fingerprint density at radius 3 is 2.73 bits per heavy atom. The standard InChI is InChI=1S/C30H31N3O4/c1-20-7-5-10-26(21(20)2)35-14-6-13-32-25-9-4-3-8-24(25)31-30(32)22-17-29(34)33(19-22)23-11-12-27-28(18-23)37-16-15-36-27/h3-5,7-12,18,22H,6,13-17,19H2,1-2H3. The van der Waals surface area contributed by atoms with Crippen LogP contribution in [0, 0.1) is 13.8 Å². The molecule has 0 N–H and O–H groups in total. The van der Waals surface area contributed by atoms with Gasteiger partial charge in [-0.3, -0.25) is 4.79 Å². The number of fused-ring (bicyclic) bond motifs is 2. The van der Waals surface area contributed by atoms with Crippen molar-refractivity contribution < 1.29 is 19.0 Å². The van der Waals surface area contributed by atoms with Crippen LogP contribution in [0.15, 0.2) is 60.7 Å². The maximum atomic E-state index is 13.1. The molecule has 6 rings (SSSR count). The number of rotatable bonds is 7. The number of aromatic nitrogens is 2. The molecule has 0 spiro atoms. The van der Waals surface area contributed by atoms with Gasteiger partial charge in [0, 0.05) is 37.2 Å². The summed E-state index contributed by atoms with van der Waals surface area (Å²) in [7, 11) is 0. The summed E-state index contributed by atoms with van der Waals surface area (Å²) in [6, 6.07) is 20.1. The molecule has 0 bridgehead atoms. The Labute approximate surface area is 216 Å². The number of para-hydroxylation sites is 2. The third-order valence-corrected chi connectivity index (χ3v) is 7.35. The number of hydrogen-bond acceptors (Lipinski definition) is 5. The molecule has 3 heterocycles. The average Bonchev–Trinajstić information content (AvgIpc) is 3.49. The van der Waals surface area contributed by atoms with E-state index in [4.69, 9.17) is 19.2 Å². The fraction of sp³-hybridized carbons (Fsp3) is 0.333. The molecule has 1 atom stereocenters. The van der Waals surface area contributed by atoms with Crippen molar-refractivity contribution in [2.45, 2.75) is 39.2 Å². The van der Waals surface area contributed by atoms with Crippen molar-refractivity contribution in [2.24, 2.45) is 0 Å². The highest BCUT2D eigenvalue weighted by Gasteiger charge is 2.35. The molecule has 1 unspecified atom stereocenters. The van der Waals surface area contributed by atoms with Crippen molar-refractivity contribution >= 4 is 22.6 Å². The van der Waals surface area contributed by atoms with Crippen molar-refractivity contribution in [3.63, 3.8) is 0 Å². The molecule has 1 saturated heterocycles. The molecular weight excluding hydrogens is 466 g/mol. The van der Waals surface area contributed by atoms with Crippen LogP contribution in [0.4, 0.5) is 5.69 Å². The minimum atomic E-state index is 0.00744. The van der Waals surface area contributed by atoms with Gasteiger partial charge in [0.25, 0.3) is 0 Å². The van der Waals surface area contributed by atoms with Crippen LogP contribution >= 0.6 is 0 Å². The van der Waals surface area contributed by atoms with E-state index in [1.807, 2.05) is 53.4 Å². The monoisotopic (exact) mass is 497 g/mol. The summed E-state index contributed by atoms with van der Waals surface area (Å²) < 4.78 is 19.8. The summed E-state index contributed by atoms with van der Waals surface area (Å²) in [5.74, 6) is 3.42. The number of nitrogens with zero attached hydrogens (tertiary/aromatic N) is 3. The molecule has 4 aromatic rings. The van der Waals surface area contributed by atoms with E-state index in [0.29, 0.717) is 38.5 Å². The van der Waals surface area contributed by atoms with Gasteiger partial charge >= 0.3 is 0 Å². The van der Waals surface area contributed by atoms with E-state index in [-0.39, 0.29) is 11.8 Å². The second-order valence-corrected chi connectivity index (χ2v) is 9.74. The zero-order valence-corrected chi connectivity index (χ0v) is 21.3. The predicted molar refractivity (Wildman–Crippen MR) is 143 cm³/mol. The molecule has 2 aliphatic rings. The first-order chi connectivity index (χ1) is 18.1. The van der Waals surface area contributed by atoms with Crippen LogP contribution in [0.5, 0.6) is 17.2 Å². The van der Waals surface area contributed by atoms with Crippen LogP contribution in [-0.4, -0.2) is 41.8 Å². The number of imidazole rings is 1. The summed E-state index contributed by atoms with van der Waals surface area (Å²) in [5, 5.41) is 0. The number of anilines is 1. The number of hydrogen-bond donors (Lipinski definition) is 0. The number of amides is 1. The van der Waals surface area contributed by atoms with E-state index in [1.165, 1.54) is 11.1 Å². The molecule has 1 fully saturated rings. The maximum absolute atomic E-state index is 13.1. The highest BCUT2D eigenvalue weighted by molar-refractivity contribution is 5.97. The van der Waals surface area contributed by atoms with E-state index >= 15 is 0 Å². The minimum Gasteiger partial charge on any atom is -0.493 e. The fourth-order valence-electron chi connectivity index (χ4n) is 5.26. The molecule has 0 saturated carbocycles. The number of carbonyl (C=O) groups excluding carboxylic acids is 1. The summed E-state index contributed by atoms with van der Waals surface area (Å²) in [5.41, 5.74) is 5.29. The molecule has 2 aliphatic heterocycles. The Kier molecular flexibility index (Phi) is 6.20. The van der Waals surface area contributed by atoms with Crippen LogP contribution in [0.25, 0.3) is 11.0 Å². The third kappa shape index (κ3) is 4.50. The molecule has 3 aromatic carbocycles. The van der Waals surface area contributed by atoms with E-state index in [1.54, 1.807) is 0 Å². The average molecular weight is 498 g/mol. The lowest BCUT2D eigenvalue weighted by molar-refractivity contribution is -0.117. The second kappa shape index (κ2) is 9.81. The van der Waals surface area contributed by atoms with Crippen LogP contribution in [-0.2, 0) is 11.3 Å². The quantitative estimate of drug-likeness (QED) is 0.319. The predicted octanol–water partition coefficient (Wildman–Crippen LogP) is 5.41. The smallest absolute Gasteiger partial charge is 0.227 e. The summed E-state index contributed by atoms with van der Waals surface area (Å²) in [4.78, 5) is 20.0. The molecule has 1 aromatic heterocycles. The number of carbonyl (C=O) groups is 1. The van der Waals surface area contributed by atoms with Crippen molar-refractivity contribution in [3.05, 3.63) is 77.6 Å². The minimum absolute atomic E-state index is 0.00744. The van der Waals surface area contributed by atoms with Crippen molar-refractivity contribution in [3.8, 4) is 17.2 Å². The van der Waals surface area contributed by atoms with Gasteiger partial charge in [-0.2, -0.15) is 0 Å². The molecule has 37 heavy (non-hydrogen) atoms. The zero-order chi connectivity index (χ0) is 25.4. The Hall–Kier alpha value is -4.00. The highest BCUT2D eigenvalue weighted by atomic mass is 16.6. The van der Waals surface area contributed by atoms with E-state index in [0.717, 1.165) is 47.0 Å². The van der Waals surface area contributed by atoms with Crippen LogP contribution < -0.4 is 19.1 Å². The Morgan fingerprint density at radius 2 is 1.84 bits per heavy atom. The zero-order valence-electron chi connectivity index (χ0n) is 21.3. The van der Waals surface area contributed by atoms with Gasteiger partial charge in [-0.05, 0) is 61.7 Å². The molecule has 7 heteroatoms. The van der Waals surface area contributed by atoms with Crippen molar-refractivity contribution in [1.29, 1.82) is 0 Å². The Bertz CT molecular complexity index is 1460. The first-order valence-corrected chi connectivity index (χ1v) is 12.9. The lowest BCUT2D eigenvalue weighted by atomic mass is 10.1. The van der Waals surface area contributed by atoms with Crippen molar-refractivity contribution in [2.75, 3.05) is 31.3 Å². The first kappa shape index (κ1) is 23.4. The van der Waals surface area contributed by atoms with Crippen molar-refractivity contribution in [1.82, 2.24) is 9.55 Å². The molecule has 7 nitrogen and oxygen atoms in total. The summed E-state index contributed by atoms with van der Waals surface area (Å²) >= 11 is 0. The summed E-state index contributed by atoms with van der Waals surface area (Å²) in [6.07, 6.45) is 1.27. The molecule has 1 amide bonds. The molecule has 0 aliphatic carbocycles. The second-order valence-electron chi connectivity index (χ2n) is 9.74. The maximum Gasteiger partial charge on any atom is 0.227 e. The molecule has 190 valence electrons. The number of benzene rings is 3. The molecule has 0 radical (unpaired) electrons. The van der Waals surface area contributed by atoms with Gasteiger partial charge in [0.05, 0.1) is 17.6 Å². The van der Waals surface area contributed by atoms with Gasteiger partial charge in [0.2, 0.25) is 5.91 Å². The van der Waals surface area contributed by atoms with E-state index < -0.39 is 0 Å². The van der Waals surface area contributed by atoms with Crippen LogP contribution in [0.3, 0.4) is 0 Å². The van der Waals surface area contributed by atoms with Gasteiger partial charge in [-0.15, -0.1) is 0 Å². The Morgan fingerprint density at radius 1 is 1.00 bits per heavy atom. The Balaban J connectivity index is 1.21. The van der Waals surface area contributed by atoms with Crippen LogP contribution in [0.2, 0.25) is 0 Å². The lowest BCUT2D eigenvalue weighted by Crippen LogP contribution is -2.25. The number of ether oxygens (including phenoxy) is 3. The van der Waals surface area contributed by atoms with Gasteiger partial charge in [0.1, 0.15) is 24.8 Å². The fourth-order valence-corrected chi connectivity index (χ4v) is 5.26. The lowest BCUT2D eigenvalue weighted by Gasteiger charge is -2.22. The van der Waals surface area contributed by atoms with E-state index in [2.05, 4.69) is 30.5 Å². The first-order valence-electron chi connectivity index (χ1n) is 12.9. The van der Waals surface area contributed by atoms with Gasteiger partial charge in [0.15, 0.2) is 11.5 Å². The summed E-state index contributed by atoms with van der Waals surface area (Å²) in [6.45, 7) is 7.23. The normalized spacial score (nSPS) is 17.0. The SMILES string of the molecule is Cc1cccc(OCCCn2c(C3CC(=O)N(c4ccc5c(c4)OCCO5)C3)nc3ccccc32)c1C. The van der Waals surface area contributed by atoms with Gasteiger partial charge < -0.3 is 23.7 Å². The van der Waals surface area contributed by atoms with E-state index in [9.17, 15) is 4.79 Å². The van der Waals surface area contributed by atoms with Crippen LogP contribution in [0.1, 0.15) is 35.7 Å². The number of aryl methyl sites for hydroxylation is 2. The van der Waals surface area contributed by atoms with Gasteiger partial charge in [-0.1, -0.05) is 24.3 Å². The topological polar surface area (TPSA) is 65.8 Å². The highest BCUT2D eigenvalue weighted by Crippen LogP contribution is 2.38.